The maximum absolute atomic E-state index is 2.26. The van der Waals surface area contributed by atoms with Crippen LogP contribution in [0.15, 0.2) is 48.5 Å². The molecule has 0 heterocycles. The summed E-state index contributed by atoms with van der Waals surface area (Å²) in [5.74, 6) is 0. The number of aryl methyl sites for hydroxylation is 1. The molecule has 2 aromatic rings. The van der Waals surface area contributed by atoms with Gasteiger partial charge in [-0.15, -0.1) is 0 Å². The molecule has 1 heteroatoms. The van der Waals surface area contributed by atoms with E-state index in [1.807, 2.05) is 0 Å². The van der Waals surface area contributed by atoms with Crippen molar-refractivity contribution in [2.75, 3.05) is 19.0 Å². The van der Waals surface area contributed by atoms with E-state index in [1.165, 1.54) is 33.5 Å². The van der Waals surface area contributed by atoms with E-state index in [0.717, 1.165) is 0 Å². The largest absolute Gasteiger partial charge is 0.377 e. The molecule has 0 N–H and O–H groups in total. The number of rotatable bonds is 2. The third kappa shape index (κ3) is 2.27. The van der Waals surface area contributed by atoms with Gasteiger partial charge in [0.2, 0.25) is 0 Å². The van der Waals surface area contributed by atoms with Crippen molar-refractivity contribution in [3.05, 3.63) is 70.8 Å². The molecule has 0 radical (unpaired) electrons. The average molecular weight is 261 g/mol. The minimum absolute atomic E-state index is 1.25. The predicted molar refractivity (Wildman–Crippen MR) is 88.9 cm³/mol. The van der Waals surface area contributed by atoms with Gasteiger partial charge in [-0.25, -0.2) is 0 Å². The van der Waals surface area contributed by atoms with Crippen molar-refractivity contribution in [3.63, 3.8) is 0 Å². The maximum Gasteiger partial charge on any atom is 0.0391 e. The lowest BCUT2D eigenvalue weighted by Gasteiger charge is -2.15. The Morgan fingerprint density at radius 2 is 1.75 bits per heavy atom. The zero-order valence-corrected chi connectivity index (χ0v) is 12.2. The van der Waals surface area contributed by atoms with Crippen molar-refractivity contribution in [2.45, 2.75) is 6.92 Å². The minimum atomic E-state index is 1.25. The zero-order chi connectivity index (χ0) is 14.1. The average Bonchev–Trinajstić information content (AvgIpc) is 2.82. The molecule has 0 bridgehead atoms. The second kappa shape index (κ2) is 5.01. The molecule has 0 aliphatic heterocycles. The number of hydrogen-bond acceptors (Lipinski definition) is 1. The van der Waals surface area contributed by atoms with Crippen LogP contribution in [0, 0.1) is 6.92 Å². The van der Waals surface area contributed by atoms with Crippen molar-refractivity contribution >= 4 is 23.4 Å². The minimum Gasteiger partial charge on any atom is -0.377 e. The van der Waals surface area contributed by atoms with Gasteiger partial charge in [-0.1, -0.05) is 42.5 Å². The number of benzene rings is 2. The number of nitrogens with zero attached hydrogens (tertiary/aromatic N) is 1. The zero-order valence-electron chi connectivity index (χ0n) is 12.2. The van der Waals surface area contributed by atoms with Gasteiger partial charge in [-0.05, 0) is 53.0 Å². The summed E-state index contributed by atoms with van der Waals surface area (Å²) in [5, 5.41) is 0. The molecule has 2 aromatic carbocycles. The summed E-state index contributed by atoms with van der Waals surface area (Å²) < 4.78 is 0. The highest BCUT2D eigenvalue weighted by Crippen LogP contribution is 2.31. The van der Waals surface area contributed by atoms with Gasteiger partial charge in [0.15, 0.2) is 0 Å². The van der Waals surface area contributed by atoms with Gasteiger partial charge in [0, 0.05) is 19.8 Å². The van der Waals surface area contributed by atoms with E-state index in [2.05, 4.69) is 86.6 Å². The van der Waals surface area contributed by atoms with Gasteiger partial charge in [0.25, 0.3) is 0 Å². The number of fused-ring (bicyclic) bond motifs is 1. The van der Waals surface area contributed by atoms with Crippen LogP contribution in [0.5, 0.6) is 0 Å². The first-order valence-electron chi connectivity index (χ1n) is 6.92. The first kappa shape index (κ1) is 12.7. The molecule has 0 amide bonds. The molecule has 1 aliphatic rings. The molecular formula is C19H19N. The topological polar surface area (TPSA) is 3.24 Å². The van der Waals surface area contributed by atoms with Crippen LogP contribution in [0.4, 0.5) is 5.69 Å². The SMILES string of the molecule is Cc1cc(/C=C2\C=Cc3ccccc32)ccc1N(C)C. The Bertz CT molecular complexity index is 705. The molecule has 0 spiro atoms. The fourth-order valence-corrected chi connectivity index (χ4v) is 2.75. The molecule has 0 saturated heterocycles. The van der Waals surface area contributed by atoms with E-state index in [-0.39, 0.29) is 0 Å². The van der Waals surface area contributed by atoms with Crippen LogP contribution in [0.1, 0.15) is 22.3 Å². The normalized spacial score (nSPS) is 14.7. The predicted octanol–water partition coefficient (Wildman–Crippen LogP) is 4.63. The highest BCUT2D eigenvalue weighted by atomic mass is 15.1. The van der Waals surface area contributed by atoms with Crippen molar-refractivity contribution in [2.24, 2.45) is 0 Å². The molecule has 1 nitrogen and oxygen atoms in total. The van der Waals surface area contributed by atoms with Gasteiger partial charge < -0.3 is 4.90 Å². The molecule has 0 unspecified atom stereocenters. The summed E-state index contributed by atoms with van der Waals surface area (Å²) in [6.45, 7) is 2.16. The Labute approximate surface area is 120 Å². The van der Waals surface area contributed by atoms with Crippen LogP contribution in [0.25, 0.3) is 17.7 Å². The Morgan fingerprint density at radius 1 is 0.950 bits per heavy atom. The van der Waals surface area contributed by atoms with Gasteiger partial charge in [-0.3, -0.25) is 0 Å². The van der Waals surface area contributed by atoms with E-state index in [4.69, 9.17) is 0 Å². The van der Waals surface area contributed by atoms with Crippen molar-refractivity contribution < 1.29 is 0 Å². The van der Waals surface area contributed by atoms with Crippen LogP contribution in [-0.4, -0.2) is 14.1 Å². The van der Waals surface area contributed by atoms with Gasteiger partial charge >= 0.3 is 0 Å². The Kier molecular flexibility index (Phi) is 3.19. The molecule has 1 aliphatic carbocycles. The third-order valence-electron chi connectivity index (χ3n) is 3.74. The van der Waals surface area contributed by atoms with Crippen LogP contribution in [0.2, 0.25) is 0 Å². The lowest BCUT2D eigenvalue weighted by molar-refractivity contribution is 1.11. The summed E-state index contributed by atoms with van der Waals surface area (Å²) in [6, 6.07) is 15.1. The first-order valence-corrected chi connectivity index (χ1v) is 6.92. The second-order valence-corrected chi connectivity index (χ2v) is 5.46. The summed E-state index contributed by atoms with van der Waals surface area (Å²) >= 11 is 0. The molecule has 0 fully saturated rings. The third-order valence-corrected chi connectivity index (χ3v) is 3.74. The number of hydrogen-bond donors (Lipinski definition) is 0. The first-order chi connectivity index (χ1) is 9.65. The molecular weight excluding hydrogens is 242 g/mol. The lowest BCUT2D eigenvalue weighted by Crippen LogP contribution is -2.09. The van der Waals surface area contributed by atoms with Gasteiger partial charge in [0.1, 0.15) is 0 Å². The molecule has 0 atom stereocenters. The second-order valence-electron chi connectivity index (χ2n) is 5.46. The van der Waals surface area contributed by atoms with E-state index >= 15 is 0 Å². The quantitative estimate of drug-likeness (QED) is 0.762. The fraction of sp³-hybridized carbons (Fsp3) is 0.158. The Morgan fingerprint density at radius 3 is 2.50 bits per heavy atom. The highest BCUT2D eigenvalue weighted by Gasteiger charge is 2.09. The maximum atomic E-state index is 2.26. The van der Waals surface area contributed by atoms with Gasteiger partial charge in [-0.2, -0.15) is 0 Å². The van der Waals surface area contributed by atoms with Crippen molar-refractivity contribution in [3.8, 4) is 0 Å². The smallest absolute Gasteiger partial charge is 0.0391 e. The monoisotopic (exact) mass is 261 g/mol. The summed E-state index contributed by atoms with van der Waals surface area (Å²) in [5.41, 5.74) is 7.75. The summed E-state index contributed by atoms with van der Waals surface area (Å²) in [7, 11) is 4.16. The fourth-order valence-electron chi connectivity index (χ4n) is 2.75. The molecule has 3 rings (SSSR count). The summed E-state index contributed by atoms with van der Waals surface area (Å²) in [4.78, 5) is 2.15. The van der Waals surface area contributed by atoms with E-state index < -0.39 is 0 Å². The molecule has 100 valence electrons. The van der Waals surface area contributed by atoms with Crippen LogP contribution < -0.4 is 4.90 Å². The van der Waals surface area contributed by atoms with E-state index in [9.17, 15) is 0 Å². The van der Waals surface area contributed by atoms with Crippen molar-refractivity contribution in [1.29, 1.82) is 0 Å². The number of anilines is 1. The van der Waals surface area contributed by atoms with Crippen LogP contribution in [-0.2, 0) is 0 Å². The van der Waals surface area contributed by atoms with Gasteiger partial charge in [0.05, 0.1) is 0 Å². The van der Waals surface area contributed by atoms with Crippen LogP contribution >= 0.6 is 0 Å². The summed E-state index contributed by atoms with van der Waals surface area (Å²) in [6.07, 6.45) is 6.64. The van der Waals surface area contributed by atoms with E-state index in [0.29, 0.717) is 0 Å². The standard InChI is InChI=1S/C19H19N/c1-14-12-15(8-11-19(14)20(2)3)13-17-10-9-16-6-4-5-7-18(16)17/h4-13H,1-3H3/b17-13+. The van der Waals surface area contributed by atoms with E-state index in [1.54, 1.807) is 0 Å². The number of allylic oxidation sites excluding steroid dienone is 2. The van der Waals surface area contributed by atoms with Crippen LogP contribution in [0.3, 0.4) is 0 Å². The van der Waals surface area contributed by atoms with Crippen molar-refractivity contribution in [1.82, 2.24) is 0 Å². The molecule has 0 saturated carbocycles. The molecule has 0 aromatic heterocycles. The lowest BCUT2D eigenvalue weighted by atomic mass is 10.0. The Hall–Kier alpha value is -2.28. The molecule has 20 heavy (non-hydrogen) atoms. The highest BCUT2D eigenvalue weighted by molar-refractivity contribution is 5.97. The Balaban J connectivity index is 1.98.